The number of carbonyl (C=O) groups excluding carboxylic acids is 1. The first-order valence-electron chi connectivity index (χ1n) is 4.75. The zero-order valence-corrected chi connectivity index (χ0v) is 10.3. The summed E-state index contributed by atoms with van der Waals surface area (Å²) in [6.07, 6.45) is 1.92. The van der Waals surface area contributed by atoms with Crippen molar-refractivity contribution in [1.29, 1.82) is 0 Å². The van der Waals surface area contributed by atoms with Crippen LogP contribution in [-0.4, -0.2) is 39.6 Å². The molecular weight excluding hydrogens is 240 g/mol. The first-order chi connectivity index (χ1) is 7.02. The van der Waals surface area contributed by atoms with E-state index in [-0.39, 0.29) is 18.2 Å². The number of nitrogens with one attached hydrogen (secondary N) is 2. The quantitative estimate of drug-likeness (QED) is 0.476. The van der Waals surface area contributed by atoms with Gasteiger partial charge in [-0.1, -0.05) is 0 Å². The van der Waals surface area contributed by atoms with Crippen LogP contribution in [0.15, 0.2) is 0 Å². The molecular formula is C8H17ClN2O3S. The summed E-state index contributed by atoms with van der Waals surface area (Å²) in [5.41, 5.74) is 0. The molecule has 0 rings (SSSR count). The molecule has 0 aromatic heterocycles. The number of rotatable bonds is 8. The Morgan fingerprint density at radius 2 is 2.00 bits per heavy atom. The first-order valence-corrected chi connectivity index (χ1v) is 6.94. The molecule has 0 saturated heterocycles. The molecule has 7 heteroatoms. The molecule has 0 aromatic carbocycles. The molecule has 2 N–H and O–H groups in total. The molecule has 0 heterocycles. The van der Waals surface area contributed by atoms with Crippen LogP contribution in [0.4, 0.5) is 0 Å². The number of carbonyl (C=O) groups is 1. The van der Waals surface area contributed by atoms with Gasteiger partial charge in [0.1, 0.15) is 0 Å². The van der Waals surface area contributed by atoms with Gasteiger partial charge in [-0.15, -0.1) is 11.6 Å². The van der Waals surface area contributed by atoms with Crippen LogP contribution in [0.2, 0.25) is 0 Å². The summed E-state index contributed by atoms with van der Waals surface area (Å²) in [6.45, 7) is 0.142. The highest BCUT2D eigenvalue weighted by atomic mass is 35.5. The molecule has 0 aromatic rings. The SMILES string of the molecule is CNS(=O)(=O)CCNC(=O)CCCCCl. The van der Waals surface area contributed by atoms with Gasteiger partial charge in [0, 0.05) is 18.8 Å². The maximum absolute atomic E-state index is 11.1. The maximum Gasteiger partial charge on any atom is 0.220 e. The molecule has 0 fully saturated rings. The first kappa shape index (κ1) is 14.7. The number of amides is 1. The summed E-state index contributed by atoms with van der Waals surface area (Å²) in [4.78, 5) is 11.1. The van der Waals surface area contributed by atoms with E-state index in [9.17, 15) is 13.2 Å². The second kappa shape index (κ2) is 7.90. The van der Waals surface area contributed by atoms with E-state index in [2.05, 4.69) is 10.0 Å². The summed E-state index contributed by atoms with van der Waals surface area (Å²) in [6, 6.07) is 0. The Morgan fingerprint density at radius 1 is 1.33 bits per heavy atom. The van der Waals surface area contributed by atoms with Crippen LogP contribution in [0.25, 0.3) is 0 Å². The number of alkyl halides is 1. The van der Waals surface area contributed by atoms with Gasteiger partial charge >= 0.3 is 0 Å². The Morgan fingerprint density at radius 3 is 2.53 bits per heavy atom. The smallest absolute Gasteiger partial charge is 0.220 e. The fraction of sp³-hybridized carbons (Fsp3) is 0.875. The van der Waals surface area contributed by atoms with Crippen molar-refractivity contribution < 1.29 is 13.2 Å². The molecule has 0 saturated carbocycles. The highest BCUT2D eigenvalue weighted by Crippen LogP contribution is 1.96. The molecule has 0 aliphatic rings. The predicted octanol–water partition coefficient (Wildman–Crippen LogP) is 0.0609. The Kier molecular flexibility index (Phi) is 7.72. The van der Waals surface area contributed by atoms with Gasteiger partial charge in [-0.2, -0.15) is 0 Å². The van der Waals surface area contributed by atoms with Gasteiger partial charge in [0.05, 0.1) is 5.75 Å². The molecule has 0 aliphatic heterocycles. The molecule has 15 heavy (non-hydrogen) atoms. The van der Waals surface area contributed by atoms with E-state index in [1.165, 1.54) is 7.05 Å². The van der Waals surface area contributed by atoms with Crippen LogP contribution in [-0.2, 0) is 14.8 Å². The zero-order valence-electron chi connectivity index (χ0n) is 8.75. The summed E-state index contributed by atoms with van der Waals surface area (Å²) in [7, 11) is -1.88. The normalized spacial score (nSPS) is 11.3. The number of hydrogen-bond acceptors (Lipinski definition) is 3. The minimum atomic E-state index is -3.23. The highest BCUT2D eigenvalue weighted by molar-refractivity contribution is 7.89. The molecule has 0 aliphatic carbocycles. The molecule has 0 atom stereocenters. The van der Waals surface area contributed by atoms with Gasteiger partial charge in [-0.3, -0.25) is 4.79 Å². The fourth-order valence-corrected chi connectivity index (χ4v) is 1.66. The van der Waals surface area contributed by atoms with E-state index >= 15 is 0 Å². The Labute approximate surface area is 95.6 Å². The predicted molar refractivity (Wildman–Crippen MR) is 60.4 cm³/mol. The van der Waals surface area contributed by atoms with Crippen molar-refractivity contribution in [3.05, 3.63) is 0 Å². The lowest BCUT2D eigenvalue weighted by Gasteiger charge is -2.04. The van der Waals surface area contributed by atoms with Crippen LogP contribution in [0.5, 0.6) is 0 Å². The van der Waals surface area contributed by atoms with Crippen molar-refractivity contribution in [3.63, 3.8) is 0 Å². The van der Waals surface area contributed by atoms with Crippen molar-refractivity contribution in [2.75, 3.05) is 25.2 Å². The van der Waals surface area contributed by atoms with Gasteiger partial charge in [-0.05, 0) is 19.9 Å². The van der Waals surface area contributed by atoms with Crippen molar-refractivity contribution >= 4 is 27.5 Å². The second-order valence-corrected chi connectivity index (χ2v) is 5.44. The second-order valence-electron chi connectivity index (χ2n) is 3.02. The topological polar surface area (TPSA) is 75.3 Å². The minimum absolute atomic E-state index is 0.0925. The highest BCUT2D eigenvalue weighted by Gasteiger charge is 2.07. The van der Waals surface area contributed by atoms with Crippen LogP contribution >= 0.6 is 11.6 Å². The third kappa shape index (κ3) is 8.65. The largest absolute Gasteiger partial charge is 0.355 e. The summed E-state index contributed by atoms with van der Waals surface area (Å²) in [5.74, 6) is 0.318. The van der Waals surface area contributed by atoms with Crippen LogP contribution in [0.3, 0.4) is 0 Å². The van der Waals surface area contributed by atoms with Gasteiger partial charge < -0.3 is 5.32 Å². The molecule has 0 bridgehead atoms. The van der Waals surface area contributed by atoms with E-state index in [1.54, 1.807) is 0 Å². The monoisotopic (exact) mass is 256 g/mol. The van der Waals surface area contributed by atoms with E-state index in [0.717, 1.165) is 12.8 Å². The van der Waals surface area contributed by atoms with Gasteiger partial charge in [0.2, 0.25) is 15.9 Å². The third-order valence-corrected chi connectivity index (χ3v) is 3.42. The minimum Gasteiger partial charge on any atom is -0.355 e. The van der Waals surface area contributed by atoms with Crippen molar-refractivity contribution in [2.24, 2.45) is 0 Å². The average molecular weight is 257 g/mol. The fourth-order valence-electron chi connectivity index (χ4n) is 0.895. The van der Waals surface area contributed by atoms with E-state index in [0.29, 0.717) is 12.3 Å². The van der Waals surface area contributed by atoms with Crippen LogP contribution < -0.4 is 10.0 Å². The van der Waals surface area contributed by atoms with Crippen molar-refractivity contribution in [1.82, 2.24) is 10.0 Å². The van der Waals surface area contributed by atoms with E-state index < -0.39 is 10.0 Å². The molecule has 1 amide bonds. The lowest BCUT2D eigenvalue weighted by atomic mass is 10.2. The summed E-state index contributed by atoms with van der Waals surface area (Å²) < 4.78 is 24.1. The Bertz CT molecular complexity index is 280. The molecule has 0 unspecified atom stereocenters. The standard InChI is InChI=1S/C8H17ClN2O3S/c1-10-15(13,14)7-6-11-8(12)4-2-3-5-9/h10H,2-7H2,1H3,(H,11,12). The number of unbranched alkanes of at least 4 members (excludes halogenated alkanes) is 1. The maximum atomic E-state index is 11.1. The third-order valence-electron chi connectivity index (χ3n) is 1.79. The van der Waals surface area contributed by atoms with Gasteiger partial charge in [0.15, 0.2) is 0 Å². The van der Waals surface area contributed by atoms with E-state index in [4.69, 9.17) is 11.6 Å². The van der Waals surface area contributed by atoms with E-state index in [1.807, 2.05) is 0 Å². The molecule has 5 nitrogen and oxygen atoms in total. The Balaban J connectivity index is 3.55. The van der Waals surface area contributed by atoms with Crippen molar-refractivity contribution in [2.45, 2.75) is 19.3 Å². The van der Waals surface area contributed by atoms with Crippen LogP contribution in [0.1, 0.15) is 19.3 Å². The van der Waals surface area contributed by atoms with Crippen LogP contribution in [0, 0.1) is 0 Å². The average Bonchev–Trinajstić information content (AvgIpc) is 2.18. The molecule has 0 radical (unpaired) electrons. The zero-order chi connectivity index (χ0) is 11.7. The summed E-state index contributed by atoms with van der Waals surface area (Å²) in [5, 5.41) is 2.53. The van der Waals surface area contributed by atoms with Crippen molar-refractivity contribution in [3.8, 4) is 0 Å². The Hall–Kier alpha value is -0.330. The number of halogens is 1. The molecule has 0 spiro atoms. The number of hydrogen-bond donors (Lipinski definition) is 2. The lowest BCUT2D eigenvalue weighted by molar-refractivity contribution is -0.121. The number of sulfonamides is 1. The van der Waals surface area contributed by atoms with Gasteiger partial charge in [0.25, 0.3) is 0 Å². The lowest BCUT2D eigenvalue weighted by Crippen LogP contribution is -2.32. The van der Waals surface area contributed by atoms with Gasteiger partial charge in [-0.25, -0.2) is 13.1 Å². The summed E-state index contributed by atoms with van der Waals surface area (Å²) >= 11 is 5.45. The molecule has 90 valence electrons.